The predicted octanol–water partition coefficient (Wildman–Crippen LogP) is 2.35. The van der Waals surface area contributed by atoms with Crippen molar-refractivity contribution in [3.8, 4) is 0 Å². The molecule has 2 saturated heterocycles. The highest BCUT2D eigenvalue weighted by molar-refractivity contribution is 4.65. The fourth-order valence-electron chi connectivity index (χ4n) is 2.45. The third-order valence-electron chi connectivity index (χ3n) is 3.40. The predicted molar refractivity (Wildman–Crippen MR) is 67.2 cm³/mol. The monoisotopic (exact) mass is 212 g/mol. The highest BCUT2D eigenvalue weighted by Crippen LogP contribution is 2.12. The van der Waals surface area contributed by atoms with Gasteiger partial charge in [0.2, 0.25) is 0 Å². The molecule has 0 aromatic rings. The first kappa shape index (κ1) is 13.0. The Morgan fingerprint density at radius 3 is 2.13 bits per heavy atom. The minimum atomic E-state index is 0.925. The van der Waals surface area contributed by atoms with Crippen LogP contribution < -0.4 is 5.32 Å². The number of piperidine rings is 2. The summed E-state index contributed by atoms with van der Waals surface area (Å²) in [6.07, 6.45) is 5.64. The zero-order valence-corrected chi connectivity index (χ0v) is 10.8. The highest BCUT2D eigenvalue weighted by Gasteiger charge is 2.11. The zero-order chi connectivity index (χ0) is 11.1. The van der Waals surface area contributed by atoms with Gasteiger partial charge in [0.05, 0.1) is 0 Å². The number of hydrogen-bond acceptors (Lipinski definition) is 2. The molecule has 0 spiro atoms. The van der Waals surface area contributed by atoms with Gasteiger partial charge in [0.1, 0.15) is 0 Å². The van der Waals surface area contributed by atoms with Crippen molar-refractivity contribution in [1.29, 1.82) is 0 Å². The van der Waals surface area contributed by atoms with Crippen LogP contribution in [0.5, 0.6) is 0 Å². The zero-order valence-electron chi connectivity index (χ0n) is 10.8. The maximum atomic E-state index is 3.33. The Balaban J connectivity index is 0.000000151. The Labute approximate surface area is 95.4 Å². The molecule has 2 rings (SSSR count). The molecule has 0 aliphatic carbocycles. The van der Waals surface area contributed by atoms with Gasteiger partial charge < -0.3 is 10.2 Å². The molecule has 0 aromatic carbocycles. The summed E-state index contributed by atoms with van der Waals surface area (Å²) in [5.74, 6) is 1.86. The summed E-state index contributed by atoms with van der Waals surface area (Å²) in [5, 5.41) is 3.33. The van der Waals surface area contributed by atoms with E-state index in [1.54, 1.807) is 0 Å². The Kier molecular flexibility index (Phi) is 6.26. The Morgan fingerprint density at radius 1 is 1.07 bits per heavy atom. The SMILES string of the molecule is CC1CCCN(C)C1.CC1CCCNC1. The van der Waals surface area contributed by atoms with Crippen molar-refractivity contribution in [3.05, 3.63) is 0 Å². The summed E-state index contributed by atoms with van der Waals surface area (Å²) in [6.45, 7) is 9.72. The number of rotatable bonds is 0. The van der Waals surface area contributed by atoms with Crippen molar-refractivity contribution >= 4 is 0 Å². The molecule has 0 radical (unpaired) electrons. The van der Waals surface area contributed by atoms with Gasteiger partial charge in [0.15, 0.2) is 0 Å². The molecule has 2 aliphatic heterocycles. The molecular weight excluding hydrogens is 184 g/mol. The van der Waals surface area contributed by atoms with Gasteiger partial charge in [-0.2, -0.15) is 0 Å². The number of likely N-dealkylation sites (tertiary alicyclic amines) is 1. The molecule has 15 heavy (non-hydrogen) atoms. The quantitative estimate of drug-likeness (QED) is 0.663. The van der Waals surface area contributed by atoms with Gasteiger partial charge in [-0.1, -0.05) is 13.8 Å². The van der Waals surface area contributed by atoms with E-state index in [9.17, 15) is 0 Å². The van der Waals surface area contributed by atoms with Crippen molar-refractivity contribution < 1.29 is 0 Å². The lowest BCUT2D eigenvalue weighted by Crippen LogP contribution is -2.30. The third kappa shape index (κ3) is 6.16. The van der Waals surface area contributed by atoms with Crippen LogP contribution in [0.2, 0.25) is 0 Å². The van der Waals surface area contributed by atoms with Gasteiger partial charge in [-0.25, -0.2) is 0 Å². The Morgan fingerprint density at radius 2 is 1.80 bits per heavy atom. The van der Waals surface area contributed by atoms with E-state index in [4.69, 9.17) is 0 Å². The van der Waals surface area contributed by atoms with E-state index < -0.39 is 0 Å². The van der Waals surface area contributed by atoms with Gasteiger partial charge in [0.25, 0.3) is 0 Å². The van der Waals surface area contributed by atoms with Crippen LogP contribution in [0.4, 0.5) is 0 Å². The average molecular weight is 212 g/mol. The number of nitrogens with one attached hydrogen (secondary N) is 1. The van der Waals surface area contributed by atoms with E-state index in [0.717, 1.165) is 11.8 Å². The molecule has 2 unspecified atom stereocenters. The molecule has 2 fully saturated rings. The molecule has 0 amide bonds. The summed E-state index contributed by atoms with van der Waals surface area (Å²) in [5.41, 5.74) is 0. The second kappa shape index (κ2) is 7.24. The molecule has 0 bridgehead atoms. The lowest BCUT2D eigenvalue weighted by Gasteiger charge is -2.26. The third-order valence-corrected chi connectivity index (χ3v) is 3.40. The van der Waals surface area contributed by atoms with Crippen LogP contribution in [-0.4, -0.2) is 38.1 Å². The fraction of sp³-hybridized carbons (Fsp3) is 1.00. The second-order valence-corrected chi connectivity index (χ2v) is 5.46. The van der Waals surface area contributed by atoms with Crippen LogP contribution in [0.15, 0.2) is 0 Å². The second-order valence-electron chi connectivity index (χ2n) is 5.46. The van der Waals surface area contributed by atoms with Crippen molar-refractivity contribution in [1.82, 2.24) is 10.2 Å². The molecule has 2 heteroatoms. The Bertz CT molecular complexity index is 145. The van der Waals surface area contributed by atoms with Crippen LogP contribution in [-0.2, 0) is 0 Å². The standard InChI is InChI=1S/C7H15N.C6H13N/c1-7-4-3-5-8(2)6-7;1-6-3-2-4-7-5-6/h7H,3-6H2,1-2H3;6-7H,2-5H2,1H3. The van der Waals surface area contributed by atoms with Gasteiger partial charge in [0, 0.05) is 6.54 Å². The molecule has 0 saturated carbocycles. The summed E-state index contributed by atoms with van der Waals surface area (Å²) in [6, 6.07) is 0. The maximum absolute atomic E-state index is 3.33. The summed E-state index contributed by atoms with van der Waals surface area (Å²) in [7, 11) is 2.20. The lowest BCUT2D eigenvalue weighted by molar-refractivity contribution is 0.221. The van der Waals surface area contributed by atoms with Crippen LogP contribution in [0.1, 0.15) is 39.5 Å². The van der Waals surface area contributed by atoms with E-state index >= 15 is 0 Å². The van der Waals surface area contributed by atoms with Crippen molar-refractivity contribution in [2.24, 2.45) is 11.8 Å². The van der Waals surface area contributed by atoms with Crippen LogP contribution in [0.25, 0.3) is 0 Å². The topological polar surface area (TPSA) is 15.3 Å². The average Bonchev–Trinajstić information content (AvgIpc) is 2.19. The van der Waals surface area contributed by atoms with Crippen LogP contribution in [0, 0.1) is 11.8 Å². The Hall–Kier alpha value is -0.0800. The van der Waals surface area contributed by atoms with Gasteiger partial charge in [-0.05, 0) is 64.2 Å². The first-order valence-corrected chi connectivity index (χ1v) is 6.57. The van der Waals surface area contributed by atoms with Gasteiger partial charge >= 0.3 is 0 Å². The molecule has 2 atom stereocenters. The fourth-order valence-corrected chi connectivity index (χ4v) is 2.45. The van der Waals surface area contributed by atoms with Gasteiger partial charge in [-0.3, -0.25) is 0 Å². The molecule has 0 aromatic heterocycles. The smallest absolute Gasteiger partial charge is 0.000398 e. The molecule has 90 valence electrons. The van der Waals surface area contributed by atoms with Crippen LogP contribution in [0.3, 0.4) is 0 Å². The van der Waals surface area contributed by atoms with Crippen molar-refractivity contribution in [2.75, 3.05) is 33.2 Å². The minimum absolute atomic E-state index is 0.925. The van der Waals surface area contributed by atoms with Crippen molar-refractivity contribution in [3.63, 3.8) is 0 Å². The molecule has 2 nitrogen and oxygen atoms in total. The first-order valence-electron chi connectivity index (χ1n) is 6.57. The lowest BCUT2D eigenvalue weighted by atomic mass is 10.0. The summed E-state index contributed by atoms with van der Waals surface area (Å²) >= 11 is 0. The van der Waals surface area contributed by atoms with E-state index in [0.29, 0.717) is 0 Å². The van der Waals surface area contributed by atoms with E-state index in [-0.39, 0.29) is 0 Å². The highest BCUT2D eigenvalue weighted by atomic mass is 15.1. The maximum Gasteiger partial charge on any atom is 0.000398 e. The van der Waals surface area contributed by atoms with E-state index in [2.05, 4.69) is 31.1 Å². The molecule has 2 heterocycles. The number of hydrogen-bond donors (Lipinski definition) is 1. The molecular formula is C13H28N2. The first-order chi connectivity index (χ1) is 7.18. The molecule has 2 aliphatic rings. The largest absolute Gasteiger partial charge is 0.316 e. The summed E-state index contributed by atoms with van der Waals surface area (Å²) < 4.78 is 0. The van der Waals surface area contributed by atoms with E-state index in [1.807, 2.05) is 0 Å². The van der Waals surface area contributed by atoms with Crippen LogP contribution >= 0.6 is 0 Å². The molecule has 1 N–H and O–H groups in total. The summed E-state index contributed by atoms with van der Waals surface area (Å²) in [4.78, 5) is 2.41. The van der Waals surface area contributed by atoms with E-state index in [1.165, 1.54) is 51.9 Å². The van der Waals surface area contributed by atoms with Gasteiger partial charge in [-0.15, -0.1) is 0 Å². The minimum Gasteiger partial charge on any atom is -0.316 e. The normalized spacial score (nSPS) is 33.0. The number of nitrogens with zero attached hydrogens (tertiary/aromatic N) is 1. The van der Waals surface area contributed by atoms with Crippen molar-refractivity contribution in [2.45, 2.75) is 39.5 Å².